The number of hydrogen-bond acceptors (Lipinski definition) is 5. The Labute approximate surface area is 127 Å². The lowest BCUT2D eigenvalue weighted by molar-refractivity contribution is 0.173. The predicted octanol–water partition coefficient (Wildman–Crippen LogP) is 3.38. The van der Waals surface area contributed by atoms with Crippen LogP contribution in [-0.2, 0) is 0 Å². The van der Waals surface area contributed by atoms with Gasteiger partial charge in [0.15, 0.2) is 11.5 Å². The van der Waals surface area contributed by atoms with Crippen molar-refractivity contribution in [1.82, 2.24) is 4.98 Å². The number of ether oxygens (including phenoxy) is 3. The molecule has 1 aliphatic rings. The smallest absolute Gasteiger partial charge is 0.174 e. The first-order valence-corrected chi connectivity index (χ1v) is 7.02. The van der Waals surface area contributed by atoms with Crippen molar-refractivity contribution in [3.8, 4) is 23.0 Å². The Balaban J connectivity index is 1.84. The van der Waals surface area contributed by atoms with Gasteiger partial charge in [-0.15, -0.1) is 0 Å². The molecule has 0 unspecified atom stereocenters. The van der Waals surface area contributed by atoms with E-state index in [1.807, 2.05) is 30.3 Å². The lowest BCUT2D eigenvalue weighted by Gasteiger charge is -2.20. The highest BCUT2D eigenvalue weighted by Crippen LogP contribution is 2.42. The minimum Gasteiger partial charge on any atom is -0.486 e. The molecule has 3 aromatic rings. The molecule has 4 rings (SSSR count). The molecule has 1 aliphatic heterocycles. The molecule has 1 aromatic heterocycles. The van der Waals surface area contributed by atoms with E-state index in [1.54, 1.807) is 18.3 Å². The largest absolute Gasteiger partial charge is 0.486 e. The highest BCUT2D eigenvalue weighted by atomic mass is 16.6. The third-order valence-corrected chi connectivity index (χ3v) is 3.48. The molecule has 0 saturated carbocycles. The Bertz CT molecular complexity index is 831. The van der Waals surface area contributed by atoms with Crippen molar-refractivity contribution in [3.63, 3.8) is 0 Å². The number of pyridine rings is 1. The summed E-state index contributed by atoms with van der Waals surface area (Å²) >= 11 is 0. The van der Waals surface area contributed by atoms with Crippen LogP contribution in [0.3, 0.4) is 0 Å². The molecular formula is C17H14N2O3. The summed E-state index contributed by atoms with van der Waals surface area (Å²) in [5.74, 6) is 2.78. The van der Waals surface area contributed by atoms with Crippen LogP contribution < -0.4 is 19.9 Å². The molecule has 0 saturated heterocycles. The lowest BCUT2D eigenvalue weighted by Crippen LogP contribution is -2.15. The molecule has 2 aromatic carbocycles. The number of nitrogen functional groups attached to an aromatic ring is 1. The number of benzene rings is 2. The lowest BCUT2D eigenvalue weighted by atomic mass is 10.1. The minimum absolute atomic E-state index is 0.516. The topological polar surface area (TPSA) is 66.6 Å². The van der Waals surface area contributed by atoms with Gasteiger partial charge in [0.25, 0.3) is 0 Å². The third-order valence-electron chi connectivity index (χ3n) is 3.48. The zero-order valence-corrected chi connectivity index (χ0v) is 11.8. The molecular weight excluding hydrogens is 280 g/mol. The Morgan fingerprint density at radius 2 is 1.77 bits per heavy atom. The van der Waals surface area contributed by atoms with E-state index >= 15 is 0 Å². The second kappa shape index (κ2) is 5.11. The second-order valence-corrected chi connectivity index (χ2v) is 4.96. The number of hydrogen-bond donors (Lipinski definition) is 1. The van der Waals surface area contributed by atoms with Gasteiger partial charge in [-0.3, -0.25) is 4.98 Å². The summed E-state index contributed by atoms with van der Waals surface area (Å²) in [6, 6.07) is 12.8. The van der Waals surface area contributed by atoms with Crippen LogP contribution in [0.15, 0.2) is 48.7 Å². The average Bonchev–Trinajstić information content (AvgIpc) is 2.57. The molecule has 2 N–H and O–H groups in total. The highest BCUT2D eigenvalue weighted by molar-refractivity contribution is 5.93. The maximum Gasteiger partial charge on any atom is 0.174 e. The van der Waals surface area contributed by atoms with E-state index < -0.39 is 0 Å². The standard InChI is InChI=1S/C17H14N2O3/c18-11-1-3-12(4-2-11)22-14-7-8-19-13-5-6-15-17(16(13)14)21-10-9-20-15/h1-8H,9-10,18H2. The van der Waals surface area contributed by atoms with Crippen LogP contribution >= 0.6 is 0 Å². The van der Waals surface area contributed by atoms with Gasteiger partial charge in [0, 0.05) is 11.9 Å². The summed E-state index contributed by atoms with van der Waals surface area (Å²) in [6.45, 7) is 1.06. The molecule has 0 amide bonds. The Morgan fingerprint density at radius 1 is 0.955 bits per heavy atom. The summed E-state index contributed by atoms with van der Waals surface area (Å²) in [5.41, 5.74) is 7.20. The van der Waals surface area contributed by atoms with Crippen molar-refractivity contribution in [1.29, 1.82) is 0 Å². The van der Waals surface area contributed by atoms with Crippen LogP contribution in [0.2, 0.25) is 0 Å². The number of nitrogens with zero attached hydrogens (tertiary/aromatic N) is 1. The van der Waals surface area contributed by atoms with Crippen LogP contribution in [0.1, 0.15) is 0 Å². The van der Waals surface area contributed by atoms with Crippen molar-refractivity contribution < 1.29 is 14.2 Å². The van der Waals surface area contributed by atoms with Gasteiger partial charge in [-0.1, -0.05) is 0 Å². The fourth-order valence-corrected chi connectivity index (χ4v) is 2.47. The molecule has 5 heteroatoms. The van der Waals surface area contributed by atoms with Crippen LogP contribution in [0.5, 0.6) is 23.0 Å². The quantitative estimate of drug-likeness (QED) is 0.734. The fourth-order valence-electron chi connectivity index (χ4n) is 2.47. The molecule has 5 nitrogen and oxygen atoms in total. The average molecular weight is 294 g/mol. The van der Waals surface area contributed by atoms with Crippen LogP contribution in [0, 0.1) is 0 Å². The van der Waals surface area contributed by atoms with E-state index in [9.17, 15) is 0 Å². The summed E-state index contributed by atoms with van der Waals surface area (Å²) in [4.78, 5) is 4.37. The number of anilines is 1. The molecule has 0 bridgehead atoms. The summed E-state index contributed by atoms with van der Waals surface area (Å²) in [7, 11) is 0. The van der Waals surface area contributed by atoms with E-state index in [1.165, 1.54) is 0 Å². The number of nitrogens with two attached hydrogens (primary N) is 1. The van der Waals surface area contributed by atoms with Crippen LogP contribution in [-0.4, -0.2) is 18.2 Å². The predicted molar refractivity (Wildman–Crippen MR) is 83.7 cm³/mol. The first kappa shape index (κ1) is 12.8. The normalized spacial score (nSPS) is 13.1. The fraction of sp³-hybridized carbons (Fsp3) is 0.118. The van der Waals surface area contributed by atoms with E-state index in [2.05, 4.69) is 4.98 Å². The Hall–Kier alpha value is -2.95. The minimum atomic E-state index is 0.516. The molecule has 0 aliphatic carbocycles. The Morgan fingerprint density at radius 3 is 2.64 bits per heavy atom. The second-order valence-electron chi connectivity index (χ2n) is 4.96. The van der Waals surface area contributed by atoms with E-state index in [0.29, 0.717) is 41.9 Å². The summed E-state index contributed by atoms with van der Waals surface area (Å²) < 4.78 is 17.4. The first-order valence-electron chi connectivity index (χ1n) is 7.02. The molecule has 22 heavy (non-hydrogen) atoms. The monoisotopic (exact) mass is 294 g/mol. The number of aromatic nitrogens is 1. The van der Waals surface area contributed by atoms with Crippen LogP contribution in [0.25, 0.3) is 10.9 Å². The van der Waals surface area contributed by atoms with E-state index in [0.717, 1.165) is 10.9 Å². The van der Waals surface area contributed by atoms with Gasteiger partial charge in [0.2, 0.25) is 0 Å². The maximum absolute atomic E-state index is 5.98. The van der Waals surface area contributed by atoms with Crippen molar-refractivity contribution in [2.45, 2.75) is 0 Å². The maximum atomic E-state index is 5.98. The van der Waals surface area contributed by atoms with E-state index in [-0.39, 0.29) is 0 Å². The first-order chi connectivity index (χ1) is 10.8. The molecule has 110 valence electrons. The van der Waals surface area contributed by atoms with E-state index in [4.69, 9.17) is 19.9 Å². The van der Waals surface area contributed by atoms with Gasteiger partial charge >= 0.3 is 0 Å². The molecule has 2 heterocycles. The van der Waals surface area contributed by atoms with Crippen molar-refractivity contribution in [3.05, 3.63) is 48.7 Å². The zero-order chi connectivity index (χ0) is 14.9. The van der Waals surface area contributed by atoms with Gasteiger partial charge in [-0.2, -0.15) is 0 Å². The molecule has 0 radical (unpaired) electrons. The molecule has 0 atom stereocenters. The van der Waals surface area contributed by atoms with Gasteiger partial charge in [-0.05, 0) is 42.5 Å². The van der Waals surface area contributed by atoms with Gasteiger partial charge in [0.1, 0.15) is 24.7 Å². The van der Waals surface area contributed by atoms with Gasteiger partial charge in [-0.25, -0.2) is 0 Å². The summed E-state index contributed by atoms with van der Waals surface area (Å²) in [5, 5.41) is 0.816. The van der Waals surface area contributed by atoms with Gasteiger partial charge < -0.3 is 19.9 Å². The highest BCUT2D eigenvalue weighted by Gasteiger charge is 2.19. The zero-order valence-electron chi connectivity index (χ0n) is 11.8. The van der Waals surface area contributed by atoms with Gasteiger partial charge in [0.05, 0.1) is 10.9 Å². The summed E-state index contributed by atoms with van der Waals surface area (Å²) in [6.07, 6.45) is 1.71. The third kappa shape index (κ3) is 2.16. The molecule has 0 spiro atoms. The van der Waals surface area contributed by atoms with Crippen molar-refractivity contribution in [2.24, 2.45) is 0 Å². The Kier molecular flexibility index (Phi) is 2.96. The SMILES string of the molecule is Nc1ccc(Oc2ccnc3ccc4c(c23)OCCO4)cc1. The number of fused-ring (bicyclic) bond motifs is 3. The van der Waals surface area contributed by atoms with Crippen LogP contribution in [0.4, 0.5) is 5.69 Å². The molecule has 0 fully saturated rings. The number of rotatable bonds is 2. The van der Waals surface area contributed by atoms with Crippen molar-refractivity contribution in [2.75, 3.05) is 18.9 Å². The van der Waals surface area contributed by atoms with Crippen molar-refractivity contribution >= 4 is 16.6 Å².